The van der Waals surface area contributed by atoms with Crippen LogP contribution >= 0.6 is 0 Å². The van der Waals surface area contributed by atoms with Gasteiger partial charge in [-0.3, -0.25) is 4.79 Å². The first-order chi connectivity index (χ1) is 6.15. The van der Waals surface area contributed by atoms with Gasteiger partial charge >= 0.3 is 0 Å². The van der Waals surface area contributed by atoms with E-state index in [0.29, 0.717) is 5.56 Å². The molecule has 0 aromatic heterocycles. The van der Waals surface area contributed by atoms with Gasteiger partial charge in [-0.2, -0.15) is 0 Å². The molecule has 0 fully saturated rings. The van der Waals surface area contributed by atoms with E-state index in [9.17, 15) is 4.79 Å². The van der Waals surface area contributed by atoms with E-state index in [1.54, 1.807) is 0 Å². The number of hydrogen-bond donors (Lipinski definition) is 0. The maximum Gasteiger partial charge on any atom is 0.234 e. The highest BCUT2D eigenvalue weighted by molar-refractivity contribution is 5.80. The minimum Gasteiger partial charge on any atom is -0.307 e. The van der Waals surface area contributed by atoms with Crippen LogP contribution in [0.1, 0.15) is 22.3 Å². The zero-order valence-corrected chi connectivity index (χ0v) is 8.18. The van der Waals surface area contributed by atoms with E-state index >= 15 is 0 Å². The largest absolute Gasteiger partial charge is 0.307 e. The maximum atomic E-state index is 10.4. The Morgan fingerprint density at radius 1 is 1.08 bits per heavy atom. The average molecular weight is 177 g/mol. The molecule has 0 unspecified atom stereocenters. The lowest BCUT2D eigenvalue weighted by molar-refractivity contribution is -0.0979. The highest BCUT2D eigenvalue weighted by Gasteiger charge is 2.01. The van der Waals surface area contributed by atoms with Gasteiger partial charge in [-0.25, -0.2) is 0 Å². The van der Waals surface area contributed by atoms with Crippen LogP contribution in [0.25, 0.3) is 0 Å². The molecule has 0 heterocycles. The molecule has 2 heteroatoms. The normalized spacial score (nSPS) is 8.54. The summed E-state index contributed by atoms with van der Waals surface area (Å²) in [7, 11) is 0. The van der Waals surface area contributed by atoms with Crippen molar-refractivity contribution in [2.45, 2.75) is 20.8 Å². The number of rotatable bonds is 1. The minimum absolute atomic E-state index is 0.704. The van der Waals surface area contributed by atoms with Crippen LogP contribution in [-0.4, -0.2) is 13.1 Å². The highest BCUT2D eigenvalue weighted by atomic mass is 16.1. The number of carbonyl (C=O) groups excluding carboxylic acids is 2. The lowest BCUT2D eigenvalue weighted by atomic mass is 10.0. The van der Waals surface area contributed by atoms with Crippen LogP contribution < -0.4 is 0 Å². The highest BCUT2D eigenvalue weighted by Crippen LogP contribution is 2.13. The van der Waals surface area contributed by atoms with Gasteiger partial charge in [-0.15, -0.1) is 0 Å². The Kier molecular flexibility index (Phi) is 4.67. The Balaban J connectivity index is 0.000000671. The van der Waals surface area contributed by atoms with E-state index < -0.39 is 0 Å². The molecule has 0 bridgehead atoms. The third-order valence-corrected chi connectivity index (χ3v) is 1.78. The summed E-state index contributed by atoms with van der Waals surface area (Å²) in [6.07, 6.45) is 1.94. The fourth-order valence-corrected chi connectivity index (χ4v) is 1.34. The summed E-state index contributed by atoms with van der Waals surface area (Å²) >= 11 is 0. The van der Waals surface area contributed by atoms with Crippen LogP contribution in [0.15, 0.2) is 12.1 Å². The fourth-order valence-electron chi connectivity index (χ4n) is 1.34. The van der Waals surface area contributed by atoms with Crippen LogP contribution in [0.4, 0.5) is 0 Å². The quantitative estimate of drug-likeness (QED) is 0.656. The summed E-state index contributed by atoms with van der Waals surface area (Å²) in [5.41, 5.74) is 3.92. The molecule has 0 spiro atoms. The molecular weight excluding hydrogens is 164 g/mol. The zero-order valence-electron chi connectivity index (χ0n) is 8.18. The van der Waals surface area contributed by atoms with Crippen LogP contribution in [0, 0.1) is 20.8 Å². The van der Waals surface area contributed by atoms with Crippen molar-refractivity contribution in [2.75, 3.05) is 0 Å². The van der Waals surface area contributed by atoms with Gasteiger partial charge in [0.25, 0.3) is 0 Å². The van der Waals surface area contributed by atoms with Crippen molar-refractivity contribution >= 4 is 13.1 Å². The van der Waals surface area contributed by atoms with Crippen LogP contribution in [0.5, 0.6) is 0 Å². The molecule has 1 aromatic carbocycles. The molecule has 0 aliphatic heterocycles. The first-order valence-electron chi connectivity index (χ1n) is 3.90. The van der Waals surface area contributed by atoms with Gasteiger partial charge in [0.05, 0.1) is 0 Å². The van der Waals surface area contributed by atoms with Crippen molar-refractivity contribution in [3.05, 3.63) is 34.4 Å². The Morgan fingerprint density at radius 2 is 1.46 bits per heavy atom. The molecule has 0 aliphatic rings. The van der Waals surface area contributed by atoms with Crippen molar-refractivity contribution in [3.63, 3.8) is 0 Å². The van der Waals surface area contributed by atoms with Crippen molar-refractivity contribution in [2.24, 2.45) is 0 Å². The molecule has 0 N–H and O–H groups in total. The molecule has 1 rings (SSSR count). The number of aryl methyl sites for hydroxylation is 3. The van der Waals surface area contributed by atoms with Gasteiger partial charge in [0, 0.05) is 5.56 Å². The van der Waals surface area contributed by atoms with Gasteiger partial charge in [-0.1, -0.05) is 17.7 Å². The average Bonchev–Trinajstić information content (AvgIpc) is 2.07. The standard InChI is InChI=1S/C10H11O.CH2O/c1-7-4-8(2)10(6-11)9(3)5-7;1-2/h4-5H,1-3H3;1H2. The molecule has 0 atom stereocenters. The van der Waals surface area contributed by atoms with Gasteiger partial charge in [-0.05, 0) is 31.9 Å². The van der Waals surface area contributed by atoms with E-state index in [4.69, 9.17) is 4.79 Å². The molecule has 0 aliphatic carbocycles. The van der Waals surface area contributed by atoms with Gasteiger partial charge < -0.3 is 4.79 Å². The number of benzene rings is 1. The zero-order chi connectivity index (χ0) is 10.4. The lowest BCUT2D eigenvalue weighted by Gasteiger charge is -2.03. The molecule has 2 nitrogen and oxygen atoms in total. The molecule has 13 heavy (non-hydrogen) atoms. The third-order valence-electron chi connectivity index (χ3n) is 1.78. The molecule has 0 amide bonds. The van der Waals surface area contributed by atoms with Crippen molar-refractivity contribution in [1.29, 1.82) is 0 Å². The molecule has 1 radical (unpaired) electrons. The van der Waals surface area contributed by atoms with Crippen LogP contribution in [0.3, 0.4) is 0 Å². The maximum absolute atomic E-state index is 10.4. The Labute approximate surface area is 78.6 Å². The second-order valence-electron chi connectivity index (χ2n) is 2.88. The first kappa shape index (κ1) is 11.6. The van der Waals surface area contributed by atoms with Crippen LogP contribution in [-0.2, 0) is 9.59 Å². The van der Waals surface area contributed by atoms with Crippen LogP contribution in [0.2, 0.25) is 0 Å². The van der Waals surface area contributed by atoms with E-state index in [1.807, 2.05) is 46.0 Å². The first-order valence-corrected chi connectivity index (χ1v) is 3.90. The minimum atomic E-state index is 0.704. The Bertz CT molecular complexity index is 280. The van der Waals surface area contributed by atoms with Gasteiger partial charge in [0.15, 0.2) is 0 Å². The van der Waals surface area contributed by atoms with Crippen molar-refractivity contribution < 1.29 is 9.59 Å². The summed E-state index contributed by atoms with van der Waals surface area (Å²) < 4.78 is 0. The topological polar surface area (TPSA) is 34.1 Å². The molecule has 0 saturated heterocycles. The van der Waals surface area contributed by atoms with Crippen molar-refractivity contribution in [1.82, 2.24) is 0 Å². The number of carbonyl (C=O) groups is 1. The van der Waals surface area contributed by atoms with E-state index in [0.717, 1.165) is 11.1 Å². The van der Waals surface area contributed by atoms with Gasteiger partial charge in [0.2, 0.25) is 6.29 Å². The predicted molar refractivity (Wildman–Crippen MR) is 52.6 cm³/mol. The van der Waals surface area contributed by atoms with Crippen molar-refractivity contribution in [3.8, 4) is 0 Å². The summed E-state index contributed by atoms with van der Waals surface area (Å²) in [4.78, 5) is 18.4. The lowest BCUT2D eigenvalue weighted by Crippen LogP contribution is -1.92. The molecule has 1 aromatic rings. The SMILES string of the molecule is C=O.Cc1cc(C)c([C]=O)c(C)c1. The molecule has 69 valence electrons. The summed E-state index contributed by atoms with van der Waals surface area (Å²) in [5.74, 6) is 0. The summed E-state index contributed by atoms with van der Waals surface area (Å²) in [6.45, 7) is 7.88. The summed E-state index contributed by atoms with van der Waals surface area (Å²) in [5, 5.41) is 0. The Hall–Kier alpha value is -1.44. The summed E-state index contributed by atoms with van der Waals surface area (Å²) in [6, 6.07) is 3.99. The monoisotopic (exact) mass is 177 g/mol. The van der Waals surface area contributed by atoms with E-state index in [2.05, 4.69) is 0 Å². The van der Waals surface area contributed by atoms with Gasteiger partial charge in [0.1, 0.15) is 6.79 Å². The fraction of sp³-hybridized carbons (Fsp3) is 0.273. The van der Waals surface area contributed by atoms with E-state index in [1.165, 1.54) is 5.56 Å². The third kappa shape index (κ3) is 2.82. The van der Waals surface area contributed by atoms with E-state index in [-0.39, 0.29) is 0 Å². The number of hydrogen-bond acceptors (Lipinski definition) is 2. The smallest absolute Gasteiger partial charge is 0.234 e. The molecular formula is C11H13O2. The second kappa shape index (κ2) is 5.25. The second-order valence-corrected chi connectivity index (χ2v) is 2.88. The molecule has 0 saturated carbocycles. The Morgan fingerprint density at radius 3 is 1.77 bits per heavy atom. The predicted octanol–water partition coefficient (Wildman–Crippen LogP) is 1.88.